The second kappa shape index (κ2) is 24.0. The molecule has 4 nitrogen and oxygen atoms in total. The number of nitrogens with zero attached hydrogens (tertiary/aromatic N) is 3. The number of fused-ring (bicyclic) bond motifs is 6. The molecule has 0 aliphatic rings. The van der Waals surface area contributed by atoms with Gasteiger partial charge >= 0.3 is 0 Å². The summed E-state index contributed by atoms with van der Waals surface area (Å²) in [6.07, 6.45) is 0. The van der Waals surface area contributed by atoms with Crippen molar-refractivity contribution in [3.63, 3.8) is 0 Å². The first-order valence-electron chi connectivity index (χ1n) is 25.5. The van der Waals surface area contributed by atoms with Crippen molar-refractivity contribution in [3.8, 4) is 0 Å². The van der Waals surface area contributed by atoms with E-state index in [9.17, 15) is 0 Å². The number of thiophene rings is 4. The van der Waals surface area contributed by atoms with E-state index in [-0.39, 0.29) is 0 Å². The van der Waals surface area contributed by atoms with Crippen LogP contribution in [0.1, 0.15) is 0 Å². The van der Waals surface area contributed by atoms with Gasteiger partial charge in [-0.3, -0.25) is 0 Å². The number of rotatable bonds is 11. The number of nitrogens with one attached hydrogen (secondary N) is 1. The molecule has 0 amide bonds. The Bertz CT molecular complexity index is 4210. The van der Waals surface area contributed by atoms with Crippen molar-refractivity contribution in [1.29, 1.82) is 0 Å². The molecule has 0 bridgehead atoms. The molecular formula is C68H47Cl3N4S4. The quantitative estimate of drug-likeness (QED) is 0.139. The Balaban J connectivity index is 0.000000134. The van der Waals surface area contributed by atoms with Crippen LogP contribution in [0.3, 0.4) is 0 Å². The largest absolute Gasteiger partial charge is 0.356 e. The lowest BCUT2D eigenvalue weighted by Crippen LogP contribution is -2.14. The van der Waals surface area contributed by atoms with Crippen LogP contribution in [-0.4, -0.2) is 0 Å². The zero-order valence-corrected chi connectivity index (χ0v) is 47.7. The summed E-state index contributed by atoms with van der Waals surface area (Å²) in [5.74, 6) is 0. The maximum atomic E-state index is 7.43. The molecule has 0 atom stereocenters. The molecule has 4 heterocycles. The number of anilines is 11. The average Bonchev–Trinajstić information content (AvgIpc) is 4.50. The summed E-state index contributed by atoms with van der Waals surface area (Å²) in [5, 5.41) is 14.7. The van der Waals surface area contributed by atoms with E-state index < -0.39 is 0 Å². The SMILES string of the molecule is Clc1c(N(c2ccccc2)c2ccccc2)cccc1N(c1ccccc1)c1csc2sc3ccccc3c12.Clc1cccc(N(c2ccccc2)c2csc3sc4ccccc4c23)c1Cl.c1ccc(Nc2ccccc2)cc1. The Morgan fingerprint density at radius 2 is 0.620 bits per heavy atom. The molecule has 0 radical (unpaired) electrons. The molecule has 4 aromatic heterocycles. The van der Waals surface area contributed by atoms with Crippen molar-refractivity contribution in [1.82, 2.24) is 0 Å². The minimum atomic E-state index is 0.553. The second-order valence-electron chi connectivity index (χ2n) is 18.2. The summed E-state index contributed by atoms with van der Waals surface area (Å²) in [5.41, 5.74) is 11.5. The second-order valence-corrected chi connectivity index (χ2v) is 23.7. The van der Waals surface area contributed by atoms with Gasteiger partial charge in [-0.1, -0.05) is 193 Å². The van der Waals surface area contributed by atoms with Crippen LogP contribution in [0.5, 0.6) is 0 Å². The van der Waals surface area contributed by atoms with E-state index in [4.69, 9.17) is 34.8 Å². The van der Waals surface area contributed by atoms with Crippen LogP contribution in [0, 0.1) is 0 Å². The first-order valence-corrected chi connectivity index (χ1v) is 30.0. The zero-order valence-electron chi connectivity index (χ0n) is 42.2. The topological polar surface area (TPSA) is 21.8 Å². The molecule has 14 rings (SSSR count). The van der Waals surface area contributed by atoms with Gasteiger partial charge in [0.25, 0.3) is 0 Å². The fourth-order valence-electron chi connectivity index (χ4n) is 9.64. The maximum absolute atomic E-state index is 7.43. The fourth-order valence-corrected chi connectivity index (χ4v) is 15.0. The summed E-state index contributed by atoms with van der Waals surface area (Å²) in [7, 11) is 0. The van der Waals surface area contributed by atoms with Crippen LogP contribution in [0.4, 0.5) is 62.6 Å². The van der Waals surface area contributed by atoms with Gasteiger partial charge in [0.1, 0.15) is 0 Å². The van der Waals surface area contributed by atoms with Crippen LogP contribution in [-0.2, 0) is 0 Å². The normalized spacial score (nSPS) is 11.0. The van der Waals surface area contributed by atoms with Crippen LogP contribution in [0.25, 0.3) is 39.0 Å². The van der Waals surface area contributed by atoms with Gasteiger partial charge in [0, 0.05) is 75.8 Å². The monoisotopic (exact) mass is 1150 g/mol. The van der Waals surface area contributed by atoms with E-state index in [1.807, 2.05) is 132 Å². The Hall–Kier alpha value is -7.89. The summed E-state index contributed by atoms with van der Waals surface area (Å²) < 4.78 is 5.22. The van der Waals surface area contributed by atoms with Crippen LogP contribution >= 0.6 is 80.1 Å². The molecular weight excluding hydrogens is 1110 g/mol. The van der Waals surface area contributed by atoms with E-state index in [1.54, 1.807) is 22.7 Å². The van der Waals surface area contributed by atoms with Crippen molar-refractivity contribution in [2.45, 2.75) is 0 Å². The molecule has 0 fully saturated rings. The maximum Gasteiger partial charge on any atom is 0.0899 e. The first-order chi connectivity index (χ1) is 39.0. The van der Waals surface area contributed by atoms with Crippen molar-refractivity contribution in [2.75, 3.05) is 20.0 Å². The minimum Gasteiger partial charge on any atom is -0.356 e. The van der Waals surface area contributed by atoms with Crippen LogP contribution in [0.15, 0.2) is 278 Å². The average molecular weight is 1150 g/mol. The molecule has 10 aromatic carbocycles. The summed E-state index contributed by atoms with van der Waals surface area (Å²) in [4.78, 5) is 6.72. The fraction of sp³-hybridized carbons (Fsp3) is 0. The van der Waals surface area contributed by atoms with E-state index >= 15 is 0 Å². The van der Waals surface area contributed by atoms with Gasteiger partial charge in [-0.05, 0) is 109 Å². The van der Waals surface area contributed by atoms with E-state index in [1.165, 1.54) is 39.0 Å². The third-order valence-electron chi connectivity index (χ3n) is 13.2. The molecule has 0 aliphatic heterocycles. The molecule has 0 spiro atoms. The number of benzene rings is 10. The number of hydrogen-bond acceptors (Lipinski definition) is 8. The Morgan fingerprint density at radius 3 is 1.04 bits per heavy atom. The number of hydrogen-bond donors (Lipinski definition) is 1. The first kappa shape index (κ1) is 51.8. The highest BCUT2D eigenvalue weighted by Gasteiger charge is 2.26. The number of halogens is 3. The minimum absolute atomic E-state index is 0.553. The summed E-state index contributed by atoms with van der Waals surface area (Å²) in [6, 6.07) is 91.1. The predicted octanol–water partition coefficient (Wildman–Crippen LogP) is 24.0. The van der Waals surface area contributed by atoms with Gasteiger partial charge in [-0.25, -0.2) is 0 Å². The van der Waals surface area contributed by atoms with E-state index in [2.05, 4.69) is 189 Å². The van der Waals surface area contributed by atoms with Crippen molar-refractivity contribution >= 4 is 182 Å². The molecule has 0 saturated carbocycles. The van der Waals surface area contributed by atoms with Gasteiger partial charge in [0.05, 0.1) is 51.5 Å². The predicted molar refractivity (Wildman–Crippen MR) is 350 cm³/mol. The molecule has 79 heavy (non-hydrogen) atoms. The Labute approximate surface area is 490 Å². The lowest BCUT2D eigenvalue weighted by molar-refractivity contribution is 1.26. The van der Waals surface area contributed by atoms with Gasteiger partial charge in [-0.15, -0.1) is 45.3 Å². The third-order valence-corrected chi connectivity index (χ3v) is 18.9. The van der Waals surface area contributed by atoms with Gasteiger partial charge in [0.2, 0.25) is 0 Å². The summed E-state index contributed by atoms with van der Waals surface area (Å²) >= 11 is 27.6. The van der Waals surface area contributed by atoms with Gasteiger partial charge < -0.3 is 20.0 Å². The van der Waals surface area contributed by atoms with Gasteiger partial charge in [0.15, 0.2) is 0 Å². The Kier molecular flexibility index (Phi) is 15.8. The highest BCUT2D eigenvalue weighted by Crippen LogP contribution is 2.53. The molecule has 14 aromatic rings. The lowest BCUT2D eigenvalue weighted by atomic mass is 10.1. The van der Waals surface area contributed by atoms with Crippen LogP contribution in [0.2, 0.25) is 15.1 Å². The Morgan fingerprint density at radius 1 is 0.291 bits per heavy atom. The molecule has 0 saturated heterocycles. The number of para-hydroxylation sites is 6. The third kappa shape index (κ3) is 11.0. The zero-order chi connectivity index (χ0) is 53.5. The van der Waals surface area contributed by atoms with Crippen LogP contribution < -0.4 is 20.0 Å². The van der Waals surface area contributed by atoms with Crippen molar-refractivity contribution in [3.05, 3.63) is 293 Å². The molecule has 384 valence electrons. The summed E-state index contributed by atoms with van der Waals surface area (Å²) in [6.45, 7) is 0. The van der Waals surface area contributed by atoms with E-state index in [0.29, 0.717) is 15.1 Å². The van der Waals surface area contributed by atoms with Gasteiger partial charge in [-0.2, -0.15) is 0 Å². The lowest BCUT2D eigenvalue weighted by Gasteiger charge is -2.30. The van der Waals surface area contributed by atoms with E-state index in [0.717, 1.165) is 62.6 Å². The molecule has 0 unspecified atom stereocenters. The standard InChI is InChI=1S/C34H23ClN2S2.C22H13Cl2NS2.C12H11N/c35-33-28(36(24-13-4-1-5-14-24)25-15-6-2-7-16-25)20-12-21-29(33)37(26-17-8-3-9-18-26)30-23-38-34-32(30)27-19-10-11-22-31(27)39-34;23-16-10-6-11-17(21(16)24)25(14-7-2-1-3-8-14)18-13-26-22-20(18)15-9-4-5-12-19(15)27-22;1-3-7-11(8-4-1)13-12-9-5-2-6-10-12/h1-23H;1-13H;1-10,13H. The van der Waals surface area contributed by atoms with Crippen molar-refractivity contribution < 1.29 is 0 Å². The molecule has 11 heteroatoms. The molecule has 0 aliphatic carbocycles. The smallest absolute Gasteiger partial charge is 0.0899 e. The van der Waals surface area contributed by atoms with Crippen molar-refractivity contribution in [2.24, 2.45) is 0 Å². The molecule has 1 N–H and O–H groups in total. The highest BCUT2D eigenvalue weighted by molar-refractivity contribution is 7.42. The highest BCUT2D eigenvalue weighted by atomic mass is 35.5.